The van der Waals surface area contributed by atoms with Gasteiger partial charge >= 0.3 is 0 Å². The van der Waals surface area contributed by atoms with Gasteiger partial charge < -0.3 is 29.1 Å². The normalized spacial score (nSPS) is 24.5. The Hall–Kier alpha value is -5.03. The summed E-state index contributed by atoms with van der Waals surface area (Å²) in [6.45, 7) is 7.27. The summed E-state index contributed by atoms with van der Waals surface area (Å²) in [6.07, 6.45) is 3.08. The van der Waals surface area contributed by atoms with Gasteiger partial charge in [-0.3, -0.25) is 29.3 Å². The number of non-ortho nitro benzene ring substituents is 1. The third-order valence-corrected chi connectivity index (χ3v) is 14.7. The van der Waals surface area contributed by atoms with Gasteiger partial charge in [-0.15, -0.1) is 5.10 Å². The highest BCUT2D eigenvalue weighted by atomic mass is 28.4. The van der Waals surface area contributed by atoms with E-state index in [0.29, 0.717) is 61.5 Å². The third kappa shape index (κ3) is 6.28. The molecular formula is C40H47FN8O6Si. The number of hydrogen-bond acceptors (Lipinski definition) is 10. The quantitative estimate of drug-likeness (QED) is 0.0912. The fourth-order valence-corrected chi connectivity index (χ4v) is 12.2. The number of aryl methyl sites for hydroxylation is 1. The number of anilines is 3. The van der Waals surface area contributed by atoms with E-state index in [1.165, 1.54) is 12.1 Å². The first kappa shape index (κ1) is 37.9. The van der Waals surface area contributed by atoms with Crippen molar-refractivity contribution in [1.82, 2.24) is 20.3 Å². The Morgan fingerprint density at radius 3 is 2.50 bits per heavy atom. The minimum atomic E-state index is -3.50. The van der Waals surface area contributed by atoms with Crippen LogP contribution in [0.4, 0.5) is 26.9 Å². The number of aliphatic hydroxyl groups is 1. The minimum absolute atomic E-state index is 0.0349. The lowest BCUT2D eigenvalue weighted by Crippen LogP contribution is -2.55. The molecule has 1 aromatic heterocycles. The molecule has 4 atom stereocenters. The number of nitrogens with zero attached hydrogens (tertiary/aromatic N) is 7. The number of piperidine rings is 1. The monoisotopic (exact) mass is 782 g/mol. The molecular weight excluding hydrogens is 736 g/mol. The zero-order valence-electron chi connectivity index (χ0n) is 31.8. The smallest absolute Gasteiger partial charge is 0.269 e. The van der Waals surface area contributed by atoms with Crippen molar-refractivity contribution in [3.63, 3.8) is 0 Å². The molecule has 294 valence electrons. The zero-order chi connectivity index (χ0) is 39.4. The summed E-state index contributed by atoms with van der Waals surface area (Å²) in [5.74, 6) is -1.01. The van der Waals surface area contributed by atoms with Crippen LogP contribution in [-0.2, 0) is 39.4 Å². The summed E-state index contributed by atoms with van der Waals surface area (Å²) < 4.78 is 24.9. The van der Waals surface area contributed by atoms with E-state index < -0.39 is 47.9 Å². The maximum Gasteiger partial charge on any atom is 0.269 e. The molecule has 4 aliphatic rings. The van der Waals surface area contributed by atoms with Crippen molar-refractivity contribution in [2.24, 2.45) is 5.92 Å². The fraction of sp³-hybridized carbons (Fsp3) is 0.450. The number of carbonyl (C=O) groups is 2. The lowest BCUT2D eigenvalue weighted by Gasteiger charge is -2.39. The predicted molar refractivity (Wildman–Crippen MR) is 210 cm³/mol. The first-order valence-electron chi connectivity index (χ1n) is 19.3. The summed E-state index contributed by atoms with van der Waals surface area (Å²) in [6, 6.07) is 22.0. The van der Waals surface area contributed by atoms with Gasteiger partial charge in [-0.05, 0) is 81.3 Å². The number of nitro groups is 1. The number of benzene rings is 3. The summed E-state index contributed by atoms with van der Waals surface area (Å²) in [5, 5.41) is 33.1. The number of rotatable bonds is 11. The number of carbonyl (C=O) groups excluding carboxylic acids is 2. The molecule has 4 aromatic rings. The number of hydrogen-bond donors (Lipinski definition) is 2. The molecule has 0 radical (unpaired) electrons. The fourth-order valence-electron chi connectivity index (χ4n) is 9.68. The van der Waals surface area contributed by atoms with Gasteiger partial charge in [0.15, 0.2) is 5.60 Å². The number of ether oxygens (including phenoxy) is 1. The zero-order valence-corrected chi connectivity index (χ0v) is 32.8. The molecule has 3 saturated heterocycles. The molecule has 0 saturated carbocycles. The number of amides is 2. The molecule has 0 unspecified atom stereocenters. The Morgan fingerprint density at radius 1 is 1.04 bits per heavy atom. The van der Waals surface area contributed by atoms with Gasteiger partial charge in [0.2, 0.25) is 8.41 Å². The minimum Gasteiger partial charge on any atom is -0.396 e. The van der Waals surface area contributed by atoms with Gasteiger partial charge in [0.25, 0.3) is 17.5 Å². The van der Waals surface area contributed by atoms with Gasteiger partial charge in [0, 0.05) is 66.3 Å². The average Bonchev–Trinajstić information content (AvgIpc) is 3.90. The van der Waals surface area contributed by atoms with Crippen LogP contribution < -0.4 is 20.0 Å². The second-order valence-corrected chi connectivity index (χ2v) is 19.7. The van der Waals surface area contributed by atoms with Gasteiger partial charge in [-0.25, -0.2) is 0 Å². The van der Waals surface area contributed by atoms with E-state index in [4.69, 9.17) is 4.74 Å². The molecule has 16 heteroatoms. The Labute approximate surface area is 325 Å². The van der Waals surface area contributed by atoms with Crippen LogP contribution in [0.1, 0.15) is 43.0 Å². The molecule has 0 aliphatic carbocycles. The van der Waals surface area contributed by atoms with Crippen molar-refractivity contribution in [1.29, 1.82) is 0 Å². The van der Waals surface area contributed by atoms with Gasteiger partial charge in [-0.2, -0.15) is 0 Å². The number of nitrogens with one attached hydrogen (secondary N) is 1. The SMILES string of the molecule is C[C@@H]1[C@@H]([Si](C)(C)F)[C@H](CCn2cc(CCO)nn2)O[C@@]12C(=O)N(Cc1cccc(N3CN(c4ccccc4)C4(CCNCC4)C3=O)c1)c1ccc([N+](=O)[O-])cc12. The number of fused-ring (bicyclic) bond motifs is 2. The van der Waals surface area contributed by atoms with Crippen LogP contribution in [0.25, 0.3) is 0 Å². The van der Waals surface area contributed by atoms with Crippen LogP contribution in [0.3, 0.4) is 0 Å². The molecule has 14 nitrogen and oxygen atoms in total. The predicted octanol–water partition coefficient (Wildman–Crippen LogP) is 5.07. The van der Waals surface area contributed by atoms with Crippen molar-refractivity contribution >= 4 is 43.0 Å². The summed E-state index contributed by atoms with van der Waals surface area (Å²) in [5.41, 5.74) is 0.770. The molecule has 5 heterocycles. The van der Waals surface area contributed by atoms with Crippen LogP contribution >= 0.6 is 0 Å². The first-order valence-corrected chi connectivity index (χ1v) is 22.2. The van der Waals surface area contributed by atoms with Crippen molar-refractivity contribution < 1.29 is 28.5 Å². The molecule has 2 N–H and O–H groups in total. The van der Waals surface area contributed by atoms with E-state index >= 15 is 8.90 Å². The van der Waals surface area contributed by atoms with Crippen molar-refractivity contribution in [2.45, 2.75) is 81.6 Å². The number of para-hydroxylation sites is 1. The van der Waals surface area contributed by atoms with E-state index in [0.717, 1.165) is 24.3 Å². The molecule has 2 spiro atoms. The van der Waals surface area contributed by atoms with Crippen LogP contribution in [0, 0.1) is 16.0 Å². The van der Waals surface area contributed by atoms with E-state index in [1.54, 1.807) is 34.9 Å². The van der Waals surface area contributed by atoms with Crippen molar-refractivity contribution in [3.8, 4) is 0 Å². The van der Waals surface area contributed by atoms with Crippen LogP contribution in [0.2, 0.25) is 18.6 Å². The number of aliphatic hydroxyl groups excluding tert-OH is 1. The van der Waals surface area contributed by atoms with Gasteiger partial charge in [0.05, 0.1) is 35.6 Å². The second kappa shape index (κ2) is 14.5. The van der Waals surface area contributed by atoms with Gasteiger partial charge in [0.1, 0.15) is 5.54 Å². The van der Waals surface area contributed by atoms with Crippen LogP contribution in [-0.4, -0.2) is 83.3 Å². The highest BCUT2D eigenvalue weighted by Gasteiger charge is 2.67. The third-order valence-electron chi connectivity index (χ3n) is 12.3. The lowest BCUT2D eigenvalue weighted by molar-refractivity contribution is -0.385. The second-order valence-electron chi connectivity index (χ2n) is 15.9. The van der Waals surface area contributed by atoms with Gasteiger partial charge in [-0.1, -0.05) is 42.5 Å². The lowest BCUT2D eigenvalue weighted by atomic mass is 9.82. The molecule has 4 aliphatic heterocycles. The Balaban J connectivity index is 1.12. The Bertz CT molecular complexity index is 2140. The standard InChI is InChI=1S/C40H47FN8O6Si/c1-27-36(56(2,3)41)35(14-20-45-25-29(15-21-50)43-44-45)55-40(27)33-23-32(49(53)54)12-13-34(33)46(38(40)52)24-28-8-7-11-31(22-28)47-26-48(30-9-5-4-6-10-30)39(37(47)51)16-18-42-19-17-39/h4-13,22-23,25,27,35-36,42,50H,14-21,24,26H2,1-3H3/t27-,35+,36-,40+/m1/s1. The highest BCUT2D eigenvalue weighted by molar-refractivity contribution is 6.72. The summed E-state index contributed by atoms with van der Waals surface area (Å²) in [4.78, 5) is 46.7. The number of nitro benzene ring substituents is 1. The van der Waals surface area contributed by atoms with E-state index in [1.807, 2.05) is 66.4 Å². The van der Waals surface area contributed by atoms with Crippen molar-refractivity contribution in [3.05, 3.63) is 106 Å². The molecule has 2 amide bonds. The molecule has 8 rings (SSSR count). The Kier molecular flexibility index (Phi) is 9.79. The molecule has 3 aromatic carbocycles. The Morgan fingerprint density at radius 2 is 1.79 bits per heavy atom. The van der Waals surface area contributed by atoms with E-state index in [9.17, 15) is 20.0 Å². The first-order chi connectivity index (χ1) is 26.9. The largest absolute Gasteiger partial charge is 0.396 e. The van der Waals surface area contributed by atoms with Crippen LogP contribution in [0.5, 0.6) is 0 Å². The maximum absolute atomic E-state index is 16.4. The summed E-state index contributed by atoms with van der Waals surface area (Å²) in [7, 11) is -3.50. The maximum atomic E-state index is 16.4. The van der Waals surface area contributed by atoms with Crippen LogP contribution in [0.15, 0.2) is 79.0 Å². The highest BCUT2D eigenvalue weighted by Crippen LogP contribution is 2.60. The van der Waals surface area contributed by atoms with Crippen molar-refractivity contribution in [2.75, 3.05) is 41.1 Å². The molecule has 56 heavy (non-hydrogen) atoms. The topological polar surface area (TPSA) is 159 Å². The van der Waals surface area contributed by atoms with E-state index in [2.05, 4.69) is 20.5 Å². The van der Waals surface area contributed by atoms with E-state index in [-0.39, 0.29) is 24.7 Å². The average molecular weight is 783 g/mol. The number of aromatic nitrogens is 3. The summed E-state index contributed by atoms with van der Waals surface area (Å²) >= 11 is 0. The molecule has 0 bridgehead atoms. The molecule has 3 fully saturated rings. The number of halogens is 1.